The molecular weight excluding hydrogens is 380 g/mol. The second-order valence-electron chi connectivity index (χ2n) is 9.64. The van der Waals surface area contributed by atoms with Crippen LogP contribution in [0.25, 0.3) is 0 Å². The van der Waals surface area contributed by atoms with E-state index >= 15 is 0 Å². The number of para-hydroxylation sites is 1. The molecule has 6 heteroatoms. The number of methoxy groups -OCH3 is 1. The van der Waals surface area contributed by atoms with E-state index in [9.17, 15) is 9.59 Å². The van der Waals surface area contributed by atoms with Crippen LogP contribution < -0.4 is 4.90 Å². The molecule has 5 aliphatic heterocycles. The quantitative estimate of drug-likeness (QED) is 0.553. The Balaban J connectivity index is 1.69. The molecule has 158 valence electrons. The Labute approximate surface area is 176 Å². The average Bonchev–Trinajstić information content (AvgIpc) is 3.14. The SMILES string of the molecule is C/C=C1/CN2[C@H]3C[C@@]45c6ccccc6N(C)[C@@H]4[C@@H]2C[C@@H]1C3(C(=O)OC)C5OC(C)=O. The molecule has 0 aromatic heterocycles. The Kier molecular flexibility index (Phi) is 3.48. The first kappa shape index (κ1) is 18.4. The van der Waals surface area contributed by atoms with Crippen LogP contribution in [0.5, 0.6) is 0 Å². The van der Waals surface area contributed by atoms with Gasteiger partial charge in [0.05, 0.1) is 18.6 Å². The fourth-order valence-corrected chi connectivity index (χ4v) is 8.30. The number of carbonyl (C=O) groups excluding carboxylic acids is 2. The van der Waals surface area contributed by atoms with Crippen LogP contribution in [-0.2, 0) is 24.5 Å². The molecule has 1 aromatic rings. The zero-order valence-electron chi connectivity index (χ0n) is 17.9. The zero-order valence-corrected chi connectivity index (χ0v) is 17.9. The van der Waals surface area contributed by atoms with E-state index in [-0.39, 0.29) is 29.9 Å². The van der Waals surface area contributed by atoms with E-state index in [4.69, 9.17) is 9.47 Å². The van der Waals surface area contributed by atoms with Crippen molar-refractivity contribution in [3.8, 4) is 0 Å². The monoisotopic (exact) mass is 408 g/mol. The molecule has 1 saturated carbocycles. The summed E-state index contributed by atoms with van der Waals surface area (Å²) < 4.78 is 11.7. The Morgan fingerprint density at radius 1 is 1.27 bits per heavy atom. The van der Waals surface area contributed by atoms with E-state index in [1.54, 1.807) is 0 Å². The van der Waals surface area contributed by atoms with Gasteiger partial charge in [-0.2, -0.15) is 0 Å². The zero-order chi connectivity index (χ0) is 21.0. The third-order valence-corrected chi connectivity index (χ3v) is 8.97. The van der Waals surface area contributed by atoms with Gasteiger partial charge in [0.2, 0.25) is 0 Å². The van der Waals surface area contributed by atoms with E-state index < -0.39 is 16.9 Å². The smallest absolute Gasteiger partial charge is 0.317 e. The number of carbonyl (C=O) groups is 2. The van der Waals surface area contributed by atoms with Crippen LogP contribution in [0.3, 0.4) is 0 Å². The molecule has 5 heterocycles. The largest absolute Gasteiger partial charge is 0.468 e. The fourth-order valence-electron chi connectivity index (χ4n) is 8.30. The molecule has 5 fully saturated rings. The lowest BCUT2D eigenvalue weighted by Crippen LogP contribution is -2.71. The van der Waals surface area contributed by atoms with Crippen molar-refractivity contribution in [3.05, 3.63) is 41.5 Å². The summed E-state index contributed by atoms with van der Waals surface area (Å²) in [5, 5.41) is 0. The first-order valence-corrected chi connectivity index (χ1v) is 10.9. The summed E-state index contributed by atoms with van der Waals surface area (Å²) >= 11 is 0. The van der Waals surface area contributed by atoms with Crippen LogP contribution in [0, 0.1) is 11.3 Å². The first-order valence-electron chi connectivity index (χ1n) is 10.9. The van der Waals surface area contributed by atoms with E-state index in [0.717, 1.165) is 19.4 Å². The predicted molar refractivity (Wildman–Crippen MR) is 111 cm³/mol. The van der Waals surface area contributed by atoms with Crippen LogP contribution in [0.4, 0.5) is 5.69 Å². The van der Waals surface area contributed by atoms with E-state index in [2.05, 4.69) is 54.1 Å². The number of hydrogen-bond acceptors (Lipinski definition) is 6. The van der Waals surface area contributed by atoms with Gasteiger partial charge in [0, 0.05) is 44.2 Å². The van der Waals surface area contributed by atoms with Crippen molar-refractivity contribution in [2.24, 2.45) is 11.3 Å². The number of benzene rings is 1. The van der Waals surface area contributed by atoms with Crippen molar-refractivity contribution in [1.29, 1.82) is 0 Å². The van der Waals surface area contributed by atoms with Crippen LogP contribution in [-0.4, -0.2) is 61.8 Å². The number of hydrogen-bond donors (Lipinski definition) is 0. The van der Waals surface area contributed by atoms with Crippen LogP contribution in [0.15, 0.2) is 35.9 Å². The van der Waals surface area contributed by atoms with Crippen molar-refractivity contribution >= 4 is 17.6 Å². The molecule has 1 aromatic carbocycles. The van der Waals surface area contributed by atoms with E-state index in [0.29, 0.717) is 6.04 Å². The molecular formula is C24H28N2O4. The molecule has 0 radical (unpaired) electrons. The van der Waals surface area contributed by atoms with Gasteiger partial charge in [-0.1, -0.05) is 29.8 Å². The second-order valence-corrected chi connectivity index (χ2v) is 9.64. The molecule has 8 atom stereocenters. The van der Waals surface area contributed by atoms with Crippen LogP contribution >= 0.6 is 0 Å². The van der Waals surface area contributed by atoms with Gasteiger partial charge >= 0.3 is 11.9 Å². The van der Waals surface area contributed by atoms with Crippen LogP contribution in [0.2, 0.25) is 0 Å². The van der Waals surface area contributed by atoms with Gasteiger partial charge in [-0.3, -0.25) is 14.5 Å². The van der Waals surface area contributed by atoms with Crippen molar-refractivity contribution in [1.82, 2.24) is 4.90 Å². The third-order valence-electron chi connectivity index (χ3n) is 8.97. The minimum atomic E-state index is -0.857. The summed E-state index contributed by atoms with van der Waals surface area (Å²) in [6.07, 6.45) is 3.33. The molecule has 30 heavy (non-hydrogen) atoms. The summed E-state index contributed by atoms with van der Waals surface area (Å²) in [6.45, 7) is 4.40. The minimum absolute atomic E-state index is 0.0255. The molecule has 4 saturated heterocycles. The highest BCUT2D eigenvalue weighted by Crippen LogP contribution is 2.73. The Morgan fingerprint density at radius 3 is 2.73 bits per heavy atom. The Morgan fingerprint density at radius 2 is 2.03 bits per heavy atom. The maximum atomic E-state index is 13.7. The normalized spacial score (nSPS) is 45.5. The number of allylic oxidation sites excluding steroid dienone is 1. The van der Waals surface area contributed by atoms with Crippen molar-refractivity contribution in [3.63, 3.8) is 0 Å². The van der Waals surface area contributed by atoms with Gasteiger partial charge in [0.1, 0.15) is 11.5 Å². The lowest BCUT2D eigenvalue weighted by atomic mass is 9.58. The minimum Gasteiger partial charge on any atom is -0.468 e. The van der Waals surface area contributed by atoms with Gasteiger partial charge in [-0.15, -0.1) is 0 Å². The van der Waals surface area contributed by atoms with Gasteiger partial charge in [0.15, 0.2) is 0 Å². The number of fused-ring (bicyclic) bond motifs is 2. The molecule has 3 unspecified atom stereocenters. The summed E-state index contributed by atoms with van der Waals surface area (Å²) in [4.78, 5) is 31.0. The molecule has 6 aliphatic rings. The molecule has 0 N–H and O–H groups in total. The Hall–Kier alpha value is -2.34. The summed E-state index contributed by atoms with van der Waals surface area (Å²) in [5.41, 5.74) is 2.43. The molecule has 1 spiro atoms. The number of ether oxygens (including phenoxy) is 2. The standard InChI is InChI=1S/C24H28N2O4/c1-5-14-12-26-18-10-16(14)24(22(28)29-4)19(26)11-23(21(24)30-13(2)27)15-8-6-7-9-17(15)25(3)20(18)23/h5-9,16,18-21H,10-12H2,1-4H3/b14-5-/t16-,18-,19-,20+,21?,23+,24?/m0/s1. The number of nitrogens with zero attached hydrogens (tertiary/aromatic N) is 2. The van der Waals surface area contributed by atoms with Gasteiger partial charge in [-0.05, 0) is 31.4 Å². The van der Waals surface area contributed by atoms with E-state index in [1.807, 2.05) is 0 Å². The average molecular weight is 408 g/mol. The highest BCUT2D eigenvalue weighted by atomic mass is 16.6. The number of rotatable bonds is 2. The highest BCUT2D eigenvalue weighted by molar-refractivity contribution is 5.85. The summed E-state index contributed by atoms with van der Waals surface area (Å²) in [7, 11) is 3.63. The maximum Gasteiger partial charge on any atom is 0.317 e. The third kappa shape index (κ3) is 1.71. The highest BCUT2D eigenvalue weighted by Gasteiger charge is 2.84. The topological polar surface area (TPSA) is 59.1 Å². The number of piperidine rings is 4. The summed E-state index contributed by atoms with van der Waals surface area (Å²) in [5.74, 6) is -0.506. The molecule has 7 rings (SSSR count). The van der Waals surface area contributed by atoms with Gasteiger partial charge in [-0.25, -0.2) is 0 Å². The van der Waals surface area contributed by atoms with Crippen LogP contribution in [0.1, 0.15) is 32.3 Å². The molecule has 1 aliphatic carbocycles. The molecule has 5 bridgehead atoms. The lowest BCUT2D eigenvalue weighted by molar-refractivity contribution is -0.187. The lowest BCUT2D eigenvalue weighted by Gasteiger charge is -2.61. The Bertz CT molecular complexity index is 1000. The number of anilines is 1. The molecule has 6 nitrogen and oxygen atoms in total. The fraction of sp³-hybridized carbons (Fsp3) is 0.583. The number of esters is 2. The van der Waals surface area contributed by atoms with Gasteiger partial charge in [0.25, 0.3) is 0 Å². The number of likely N-dealkylation sites (N-methyl/N-ethyl adjacent to an activating group) is 1. The predicted octanol–water partition coefficient (Wildman–Crippen LogP) is 2.27. The van der Waals surface area contributed by atoms with Crippen molar-refractivity contribution in [2.45, 2.75) is 56.3 Å². The second kappa shape index (κ2) is 5.67. The molecule has 0 amide bonds. The van der Waals surface area contributed by atoms with Gasteiger partial charge < -0.3 is 14.4 Å². The van der Waals surface area contributed by atoms with Crippen molar-refractivity contribution in [2.75, 3.05) is 25.6 Å². The summed E-state index contributed by atoms with van der Waals surface area (Å²) in [6, 6.07) is 8.99. The van der Waals surface area contributed by atoms with Crippen molar-refractivity contribution < 1.29 is 19.1 Å². The maximum absolute atomic E-state index is 13.7. The van der Waals surface area contributed by atoms with E-state index in [1.165, 1.54) is 30.9 Å². The first-order chi connectivity index (χ1) is 14.4.